The van der Waals surface area contributed by atoms with E-state index in [1.54, 1.807) is 0 Å². The fourth-order valence-corrected chi connectivity index (χ4v) is 2.85. The molecule has 2 heterocycles. The van der Waals surface area contributed by atoms with Gasteiger partial charge in [-0.25, -0.2) is 9.97 Å². The topological polar surface area (TPSA) is 53.6 Å². The van der Waals surface area contributed by atoms with Crippen LogP contribution in [0.4, 0.5) is 5.95 Å². The molecule has 2 aromatic heterocycles. The first-order valence-corrected chi connectivity index (χ1v) is 8.06. The molecule has 4 aromatic rings. The Kier molecular flexibility index (Phi) is 3.94. The highest BCUT2D eigenvalue weighted by Crippen LogP contribution is 2.19. The van der Waals surface area contributed by atoms with Crippen LogP contribution in [0.5, 0.6) is 0 Å². The summed E-state index contributed by atoms with van der Waals surface area (Å²) in [4.78, 5) is 12.1. The fraction of sp³-hybridized carbons (Fsp3) is 0.100. The zero-order valence-corrected chi connectivity index (χ0v) is 13.2. The van der Waals surface area contributed by atoms with Crippen molar-refractivity contribution in [3.05, 3.63) is 78.8 Å². The lowest BCUT2D eigenvalue weighted by Gasteiger charge is -2.05. The molecule has 0 aliphatic rings. The number of rotatable bonds is 5. The summed E-state index contributed by atoms with van der Waals surface area (Å²) in [7, 11) is 0. The molecule has 0 unspecified atom stereocenters. The van der Waals surface area contributed by atoms with Gasteiger partial charge >= 0.3 is 0 Å². The summed E-state index contributed by atoms with van der Waals surface area (Å²) in [6, 6.07) is 18.5. The molecular formula is C20H18N4. The molecule has 2 N–H and O–H groups in total. The number of benzene rings is 2. The Labute approximate surface area is 140 Å². The third kappa shape index (κ3) is 2.99. The first-order chi connectivity index (χ1) is 11.9. The van der Waals surface area contributed by atoms with Crippen LogP contribution in [-0.4, -0.2) is 21.5 Å². The van der Waals surface area contributed by atoms with E-state index in [1.807, 2.05) is 36.7 Å². The number of fused-ring (bicyclic) bond motifs is 1. The van der Waals surface area contributed by atoms with Crippen molar-refractivity contribution < 1.29 is 0 Å². The molecule has 0 radical (unpaired) electrons. The molecule has 4 heteroatoms. The number of aromatic nitrogens is 3. The van der Waals surface area contributed by atoms with Crippen LogP contribution in [0.25, 0.3) is 22.0 Å². The maximum Gasteiger partial charge on any atom is 0.222 e. The van der Waals surface area contributed by atoms with Crippen molar-refractivity contribution in [2.75, 3.05) is 11.9 Å². The van der Waals surface area contributed by atoms with E-state index in [2.05, 4.69) is 56.8 Å². The van der Waals surface area contributed by atoms with E-state index in [-0.39, 0.29) is 0 Å². The first-order valence-electron chi connectivity index (χ1n) is 8.06. The molecule has 4 nitrogen and oxygen atoms in total. The largest absolute Gasteiger partial charge is 0.361 e. The molecule has 0 amide bonds. The van der Waals surface area contributed by atoms with Gasteiger partial charge < -0.3 is 10.3 Å². The zero-order chi connectivity index (χ0) is 16.2. The number of nitrogens with one attached hydrogen (secondary N) is 2. The van der Waals surface area contributed by atoms with Crippen LogP contribution in [0.2, 0.25) is 0 Å². The molecule has 4 rings (SSSR count). The summed E-state index contributed by atoms with van der Waals surface area (Å²) in [6.45, 7) is 0.798. The van der Waals surface area contributed by atoms with Gasteiger partial charge in [0.05, 0.1) is 0 Å². The molecule has 0 fully saturated rings. The summed E-state index contributed by atoms with van der Waals surface area (Å²) in [5, 5.41) is 4.57. The van der Waals surface area contributed by atoms with Gasteiger partial charge in [-0.05, 0) is 23.6 Å². The number of nitrogens with zero attached hydrogens (tertiary/aromatic N) is 2. The molecule has 0 aliphatic carbocycles. The molecule has 118 valence electrons. The third-order valence-electron chi connectivity index (χ3n) is 4.11. The van der Waals surface area contributed by atoms with E-state index in [0.29, 0.717) is 5.95 Å². The van der Waals surface area contributed by atoms with Crippen LogP contribution in [0.1, 0.15) is 5.56 Å². The van der Waals surface area contributed by atoms with Gasteiger partial charge in [0.1, 0.15) is 0 Å². The highest BCUT2D eigenvalue weighted by atomic mass is 15.1. The van der Waals surface area contributed by atoms with Gasteiger partial charge in [-0.3, -0.25) is 0 Å². The molecule has 0 aliphatic heterocycles. The van der Waals surface area contributed by atoms with E-state index in [4.69, 9.17) is 0 Å². The average Bonchev–Trinajstić information content (AvgIpc) is 3.06. The van der Waals surface area contributed by atoms with Crippen molar-refractivity contribution in [2.45, 2.75) is 6.42 Å². The lowest BCUT2D eigenvalue weighted by atomic mass is 10.1. The van der Waals surface area contributed by atoms with Crippen LogP contribution < -0.4 is 5.32 Å². The number of para-hydroxylation sites is 1. The lowest BCUT2D eigenvalue weighted by molar-refractivity contribution is 0.991. The molecular weight excluding hydrogens is 296 g/mol. The molecule has 24 heavy (non-hydrogen) atoms. The van der Waals surface area contributed by atoms with Crippen molar-refractivity contribution in [2.24, 2.45) is 0 Å². The standard InChI is InChI=1S/C20H18N4/c1-2-6-15(7-3-1)17-13-23-20(24-14-17)21-11-10-16-12-22-19-9-5-4-8-18(16)19/h1-9,12-14,22H,10-11H2,(H,21,23,24). The van der Waals surface area contributed by atoms with Crippen molar-refractivity contribution in [1.29, 1.82) is 0 Å². The molecule has 0 bridgehead atoms. The molecule has 0 atom stereocenters. The monoisotopic (exact) mass is 314 g/mol. The Morgan fingerprint density at radius 3 is 2.42 bits per heavy atom. The molecule has 2 aromatic carbocycles. The van der Waals surface area contributed by atoms with E-state index < -0.39 is 0 Å². The second-order valence-corrected chi connectivity index (χ2v) is 5.70. The SMILES string of the molecule is c1ccc(-c2cnc(NCCc3c[nH]c4ccccc34)nc2)cc1. The zero-order valence-electron chi connectivity index (χ0n) is 13.2. The number of aromatic amines is 1. The second-order valence-electron chi connectivity index (χ2n) is 5.70. The molecule has 0 spiro atoms. The quantitative estimate of drug-likeness (QED) is 0.578. The highest BCUT2D eigenvalue weighted by molar-refractivity contribution is 5.83. The number of hydrogen-bond acceptors (Lipinski definition) is 3. The maximum atomic E-state index is 4.41. The van der Waals surface area contributed by atoms with Crippen LogP contribution in [0.3, 0.4) is 0 Å². The van der Waals surface area contributed by atoms with Gasteiger partial charge in [-0.1, -0.05) is 48.5 Å². The minimum atomic E-state index is 0.662. The van der Waals surface area contributed by atoms with Gasteiger partial charge in [0, 0.05) is 41.6 Å². The number of anilines is 1. The van der Waals surface area contributed by atoms with Crippen LogP contribution in [0, 0.1) is 0 Å². The second kappa shape index (κ2) is 6.54. The first kappa shape index (κ1) is 14.5. The van der Waals surface area contributed by atoms with Crippen molar-refractivity contribution >= 4 is 16.9 Å². The van der Waals surface area contributed by atoms with E-state index >= 15 is 0 Å². The Morgan fingerprint density at radius 1 is 0.833 bits per heavy atom. The van der Waals surface area contributed by atoms with Crippen molar-refractivity contribution in [1.82, 2.24) is 15.0 Å². The van der Waals surface area contributed by atoms with Gasteiger partial charge in [0.2, 0.25) is 5.95 Å². The highest BCUT2D eigenvalue weighted by Gasteiger charge is 2.03. The van der Waals surface area contributed by atoms with Crippen molar-refractivity contribution in [3.8, 4) is 11.1 Å². The van der Waals surface area contributed by atoms with Crippen LogP contribution in [-0.2, 0) is 6.42 Å². The normalized spacial score (nSPS) is 10.8. The summed E-state index contributed by atoms with van der Waals surface area (Å²) < 4.78 is 0. The van der Waals surface area contributed by atoms with E-state index in [0.717, 1.165) is 24.1 Å². The summed E-state index contributed by atoms with van der Waals surface area (Å²) in [5.74, 6) is 0.662. The predicted octanol–water partition coefficient (Wildman–Crippen LogP) is 4.28. The predicted molar refractivity (Wildman–Crippen MR) is 98.0 cm³/mol. The molecule has 0 saturated heterocycles. The summed E-state index contributed by atoms with van der Waals surface area (Å²) in [5.41, 5.74) is 4.63. The minimum Gasteiger partial charge on any atom is -0.361 e. The fourth-order valence-electron chi connectivity index (χ4n) is 2.85. The minimum absolute atomic E-state index is 0.662. The van der Waals surface area contributed by atoms with Gasteiger partial charge in [0.25, 0.3) is 0 Å². The van der Waals surface area contributed by atoms with Gasteiger partial charge in [0.15, 0.2) is 0 Å². The smallest absolute Gasteiger partial charge is 0.222 e. The molecule has 0 saturated carbocycles. The summed E-state index contributed by atoms with van der Waals surface area (Å²) >= 11 is 0. The average molecular weight is 314 g/mol. The lowest BCUT2D eigenvalue weighted by Crippen LogP contribution is -2.07. The Hall–Kier alpha value is -3.14. The Morgan fingerprint density at radius 2 is 1.58 bits per heavy atom. The number of H-pyrrole nitrogens is 1. The van der Waals surface area contributed by atoms with Crippen LogP contribution in [0.15, 0.2) is 73.2 Å². The van der Waals surface area contributed by atoms with Gasteiger partial charge in [-0.2, -0.15) is 0 Å². The van der Waals surface area contributed by atoms with Gasteiger partial charge in [-0.15, -0.1) is 0 Å². The third-order valence-corrected chi connectivity index (χ3v) is 4.11. The summed E-state index contributed by atoms with van der Waals surface area (Å²) in [6.07, 6.45) is 6.71. The van der Waals surface area contributed by atoms with Crippen molar-refractivity contribution in [3.63, 3.8) is 0 Å². The Bertz CT molecular complexity index is 927. The number of hydrogen-bond donors (Lipinski definition) is 2. The van der Waals surface area contributed by atoms with E-state index in [9.17, 15) is 0 Å². The van der Waals surface area contributed by atoms with Crippen LogP contribution >= 0.6 is 0 Å². The van der Waals surface area contributed by atoms with E-state index in [1.165, 1.54) is 16.5 Å². The maximum absolute atomic E-state index is 4.41. The Balaban J connectivity index is 1.39.